The van der Waals surface area contributed by atoms with Crippen molar-refractivity contribution < 1.29 is 9.59 Å². The zero-order valence-electron chi connectivity index (χ0n) is 18.7. The van der Waals surface area contributed by atoms with Crippen LogP contribution in [0.15, 0.2) is 52.2 Å². The number of thiophene rings is 1. The Morgan fingerprint density at radius 2 is 1.82 bits per heavy atom. The van der Waals surface area contributed by atoms with Gasteiger partial charge in [0.05, 0.1) is 16.0 Å². The topological polar surface area (TPSA) is 91.9 Å². The lowest BCUT2D eigenvalue weighted by molar-refractivity contribution is 0.101. The molecule has 0 fully saturated rings. The smallest absolute Gasteiger partial charge is 0.266 e. The molecule has 0 aliphatic heterocycles. The van der Waals surface area contributed by atoms with Gasteiger partial charge in [0.15, 0.2) is 5.78 Å². The summed E-state index contributed by atoms with van der Waals surface area (Å²) in [7, 11) is 0. The van der Waals surface area contributed by atoms with Crippen molar-refractivity contribution in [1.82, 2.24) is 9.97 Å². The molecule has 168 valence electrons. The first-order chi connectivity index (χ1) is 15.7. The van der Waals surface area contributed by atoms with Gasteiger partial charge >= 0.3 is 0 Å². The number of fused-ring (bicyclic) bond motifs is 1. The first-order valence-corrected chi connectivity index (χ1v) is 12.2. The van der Waals surface area contributed by atoms with Crippen LogP contribution in [0.2, 0.25) is 0 Å². The Morgan fingerprint density at radius 3 is 2.52 bits per heavy atom. The minimum Gasteiger partial charge on any atom is -0.321 e. The van der Waals surface area contributed by atoms with E-state index in [1.807, 2.05) is 6.92 Å². The van der Waals surface area contributed by atoms with Crippen molar-refractivity contribution in [2.45, 2.75) is 38.3 Å². The number of aromatic amines is 1. The number of Topliss-reactive ketones (excluding diaryl/α,β-unsaturated/α-hetero) is 1. The van der Waals surface area contributed by atoms with Gasteiger partial charge in [-0.05, 0) is 69.2 Å². The van der Waals surface area contributed by atoms with Crippen molar-refractivity contribution in [2.24, 2.45) is 0 Å². The molecule has 2 aromatic carbocycles. The number of amides is 1. The molecule has 0 aliphatic rings. The predicted octanol–water partition coefficient (Wildman–Crippen LogP) is 5.66. The molecule has 0 aliphatic carbocycles. The van der Waals surface area contributed by atoms with Crippen molar-refractivity contribution in [3.8, 4) is 0 Å². The third-order valence-corrected chi connectivity index (χ3v) is 7.67. The van der Waals surface area contributed by atoms with E-state index in [2.05, 4.69) is 40.4 Å². The molecule has 0 radical (unpaired) electrons. The van der Waals surface area contributed by atoms with Crippen LogP contribution in [0, 0.1) is 20.8 Å². The molecule has 0 saturated heterocycles. The maximum Gasteiger partial charge on any atom is 0.266 e. The molecular weight excluding hydrogens is 454 g/mol. The Labute approximate surface area is 199 Å². The lowest BCUT2D eigenvalue weighted by Gasteiger charge is -2.06. The Bertz CT molecular complexity index is 1440. The van der Waals surface area contributed by atoms with Gasteiger partial charge in [0, 0.05) is 16.1 Å². The van der Waals surface area contributed by atoms with E-state index in [4.69, 9.17) is 0 Å². The minimum atomic E-state index is -0.309. The van der Waals surface area contributed by atoms with Gasteiger partial charge in [-0.2, -0.15) is 0 Å². The number of carbonyl (C=O) groups is 2. The molecule has 0 saturated carbocycles. The van der Waals surface area contributed by atoms with E-state index in [9.17, 15) is 14.4 Å². The number of benzene rings is 2. The summed E-state index contributed by atoms with van der Waals surface area (Å²) >= 11 is 2.83. The second-order valence-corrected chi connectivity index (χ2v) is 9.91. The van der Waals surface area contributed by atoms with E-state index in [0.29, 0.717) is 43.5 Å². The fraction of sp³-hybridized carbons (Fsp3) is 0.200. The fourth-order valence-corrected chi connectivity index (χ4v) is 5.55. The molecule has 0 spiro atoms. The number of rotatable bonds is 6. The van der Waals surface area contributed by atoms with Crippen LogP contribution in [0.4, 0.5) is 5.69 Å². The Balaban J connectivity index is 1.58. The molecule has 8 heteroatoms. The van der Waals surface area contributed by atoms with E-state index < -0.39 is 0 Å². The van der Waals surface area contributed by atoms with Crippen LogP contribution >= 0.6 is 23.1 Å². The maximum absolute atomic E-state index is 12.9. The fourth-order valence-electron chi connectivity index (χ4n) is 3.46. The lowest BCUT2D eigenvalue weighted by Crippen LogP contribution is -2.13. The third-order valence-electron chi connectivity index (χ3n) is 5.31. The quantitative estimate of drug-likeness (QED) is 0.276. The molecule has 2 aromatic heterocycles. The predicted molar refractivity (Wildman–Crippen MR) is 135 cm³/mol. The number of anilines is 1. The number of thioether (sulfide) groups is 1. The summed E-state index contributed by atoms with van der Waals surface area (Å²) < 4.78 is 0. The number of nitrogens with zero attached hydrogens (tertiary/aromatic N) is 1. The second kappa shape index (κ2) is 9.33. The Kier molecular flexibility index (Phi) is 6.49. The summed E-state index contributed by atoms with van der Waals surface area (Å²) in [5, 5.41) is 3.28. The second-order valence-electron chi connectivity index (χ2n) is 7.89. The zero-order chi connectivity index (χ0) is 23.7. The van der Waals surface area contributed by atoms with Crippen LogP contribution in [-0.4, -0.2) is 21.7 Å². The van der Waals surface area contributed by atoms with Gasteiger partial charge in [-0.25, -0.2) is 4.98 Å². The number of aryl methyl sites for hydroxylation is 3. The van der Waals surface area contributed by atoms with E-state index in [1.54, 1.807) is 43.0 Å². The molecule has 0 unspecified atom stereocenters. The van der Waals surface area contributed by atoms with Crippen molar-refractivity contribution in [3.05, 3.63) is 85.8 Å². The van der Waals surface area contributed by atoms with E-state index in [1.165, 1.54) is 29.4 Å². The molecular formula is C25H23N3O3S2. The highest BCUT2D eigenvalue weighted by molar-refractivity contribution is 7.98. The van der Waals surface area contributed by atoms with Crippen LogP contribution in [0.3, 0.4) is 0 Å². The average Bonchev–Trinajstić information content (AvgIpc) is 3.11. The number of hydrogen-bond acceptors (Lipinski definition) is 6. The number of hydrogen-bond donors (Lipinski definition) is 2. The highest BCUT2D eigenvalue weighted by atomic mass is 32.2. The number of H-pyrrole nitrogens is 1. The largest absolute Gasteiger partial charge is 0.321 e. The summed E-state index contributed by atoms with van der Waals surface area (Å²) in [5.41, 5.74) is 3.88. The van der Waals surface area contributed by atoms with Crippen LogP contribution in [0.1, 0.15) is 49.5 Å². The van der Waals surface area contributed by atoms with Gasteiger partial charge in [-0.1, -0.05) is 17.7 Å². The van der Waals surface area contributed by atoms with Gasteiger partial charge < -0.3 is 10.3 Å². The molecule has 33 heavy (non-hydrogen) atoms. The van der Waals surface area contributed by atoms with Crippen LogP contribution in [0.25, 0.3) is 10.2 Å². The van der Waals surface area contributed by atoms with E-state index >= 15 is 0 Å². The van der Waals surface area contributed by atoms with Crippen molar-refractivity contribution in [1.29, 1.82) is 0 Å². The third kappa shape index (κ3) is 4.91. The molecule has 2 N–H and O–H groups in total. The van der Waals surface area contributed by atoms with Gasteiger partial charge in [-0.15, -0.1) is 23.1 Å². The number of ketones is 1. The molecule has 0 bridgehead atoms. The molecule has 6 nitrogen and oxygen atoms in total. The summed E-state index contributed by atoms with van der Waals surface area (Å²) in [6.07, 6.45) is 0. The first-order valence-electron chi connectivity index (χ1n) is 10.4. The Hall–Kier alpha value is -3.23. The molecule has 0 atom stereocenters. The number of nitrogens with one attached hydrogen (secondary N) is 2. The summed E-state index contributed by atoms with van der Waals surface area (Å²) in [6, 6.07) is 13.0. The van der Waals surface area contributed by atoms with Crippen LogP contribution < -0.4 is 10.9 Å². The molecule has 4 aromatic rings. The van der Waals surface area contributed by atoms with Crippen LogP contribution in [-0.2, 0) is 5.75 Å². The number of carbonyl (C=O) groups excluding carboxylic acids is 2. The highest BCUT2D eigenvalue weighted by Crippen LogP contribution is 2.30. The average molecular weight is 478 g/mol. The van der Waals surface area contributed by atoms with Crippen molar-refractivity contribution >= 4 is 50.7 Å². The molecule has 1 amide bonds. The van der Waals surface area contributed by atoms with Crippen LogP contribution in [0.5, 0.6) is 0 Å². The monoisotopic (exact) mass is 477 g/mol. The van der Waals surface area contributed by atoms with Gasteiger partial charge in [-0.3, -0.25) is 14.4 Å². The van der Waals surface area contributed by atoms with Gasteiger partial charge in [0.1, 0.15) is 10.7 Å². The summed E-state index contributed by atoms with van der Waals surface area (Å²) in [6.45, 7) is 7.36. The van der Waals surface area contributed by atoms with Gasteiger partial charge in [0.2, 0.25) is 0 Å². The van der Waals surface area contributed by atoms with Crippen molar-refractivity contribution in [3.63, 3.8) is 0 Å². The van der Waals surface area contributed by atoms with E-state index in [-0.39, 0.29) is 17.2 Å². The number of aromatic nitrogens is 2. The standard InChI is InChI=1S/C25H23N3O3S2/c1-13-5-6-14(2)19(11-13)32-12-20-27-23(30)21-15(3)22(33-25(21)28-20)24(31)26-18-9-7-17(8-10-18)16(4)29/h5-11H,12H2,1-4H3,(H,26,31)(H,27,28,30). The van der Waals surface area contributed by atoms with E-state index in [0.717, 1.165) is 4.90 Å². The summed E-state index contributed by atoms with van der Waals surface area (Å²) in [4.78, 5) is 46.7. The molecule has 4 rings (SSSR count). The summed E-state index contributed by atoms with van der Waals surface area (Å²) in [5.74, 6) is 0.754. The Morgan fingerprint density at radius 1 is 1.09 bits per heavy atom. The normalized spacial score (nSPS) is 11.0. The lowest BCUT2D eigenvalue weighted by atomic mass is 10.1. The minimum absolute atomic E-state index is 0.0370. The first kappa shape index (κ1) is 22.9. The molecule has 2 heterocycles. The maximum atomic E-state index is 12.9. The SMILES string of the molecule is CC(=O)c1ccc(NC(=O)c2sc3nc(CSc4cc(C)ccc4C)[nH]c(=O)c3c2C)cc1. The van der Waals surface area contributed by atoms with Gasteiger partial charge in [0.25, 0.3) is 11.5 Å². The van der Waals surface area contributed by atoms with Crippen molar-refractivity contribution in [2.75, 3.05) is 5.32 Å². The highest BCUT2D eigenvalue weighted by Gasteiger charge is 2.20. The zero-order valence-corrected chi connectivity index (χ0v) is 20.4.